The minimum absolute atomic E-state index is 0.00618. The maximum absolute atomic E-state index is 13.7. The van der Waals surface area contributed by atoms with Gasteiger partial charge in [0.2, 0.25) is 5.91 Å². The fourth-order valence-electron chi connectivity index (χ4n) is 4.00. The Morgan fingerprint density at radius 1 is 1.10 bits per heavy atom. The van der Waals surface area contributed by atoms with E-state index in [2.05, 4.69) is 10.6 Å². The Hall–Kier alpha value is -3.48. The van der Waals surface area contributed by atoms with Crippen molar-refractivity contribution in [3.8, 4) is 5.75 Å². The highest BCUT2D eigenvalue weighted by molar-refractivity contribution is 7.92. The lowest BCUT2D eigenvalue weighted by molar-refractivity contribution is -0.137. The summed E-state index contributed by atoms with van der Waals surface area (Å²) >= 11 is 0. The smallest absolute Gasteiger partial charge is 0.416 e. The molecule has 2 amide bonds. The number of amides is 2. The Bertz CT molecular complexity index is 1350. The number of ether oxygens (including phenoxy) is 2. The molecule has 0 saturated heterocycles. The zero-order valence-electron chi connectivity index (χ0n) is 21.7. The van der Waals surface area contributed by atoms with Crippen LogP contribution in [0.4, 0.5) is 29.3 Å². The van der Waals surface area contributed by atoms with Gasteiger partial charge in [-0.3, -0.25) is 14.4 Å². The van der Waals surface area contributed by atoms with Crippen LogP contribution in [0.25, 0.3) is 0 Å². The average molecular weight is 570 g/mol. The van der Waals surface area contributed by atoms with E-state index in [-0.39, 0.29) is 48.5 Å². The lowest BCUT2D eigenvalue weighted by Crippen LogP contribution is -2.45. The van der Waals surface area contributed by atoms with Crippen LogP contribution in [0.2, 0.25) is 0 Å². The largest absolute Gasteiger partial charge is 0.486 e. The first-order chi connectivity index (χ1) is 18.1. The summed E-state index contributed by atoms with van der Waals surface area (Å²) in [6.07, 6.45) is -4.26. The maximum Gasteiger partial charge on any atom is 0.416 e. The number of anilines is 2. The summed E-state index contributed by atoms with van der Waals surface area (Å²) in [4.78, 5) is 23.7. The zero-order chi connectivity index (χ0) is 28.6. The number of alkyl halides is 3. The van der Waals surface area contributed by atoms with Crippen LogP contribution in [0.5, 0.6) is 5.75 Å². The zero-order valence-corrected chi connectivity index (χ0v) is 22.5. The van der Waals surface area contributed by atoms with Gasteiger partial charge < -0.3 is 14.8 Å². The van der Waals surface area contributed by atoms with Gasteiger partial charge in [-0.2, -0.15) is 13.2 Å². The lowest BCUT2D eigenvalue weighted by atomic mass is 10.1. The molecule has 2 aromatic rings. The van der Waals surface area contributed by atoms with Crippen LogP contribution in [-0.2, 0) is 25.7 Å². The molecule has 2 aromatic carbocycles. The van der Waals surface area contributed by atoms with E-state index in [1.165, 1.54) is 18.2 Å². The maximum atomic E-state index is 13.7. The summed E-state index contributed by atoms with van der Waals surface area (Å²) < 4.78 is 79.6. The number of carbonyl (C=O) groups excluding carboxylic acids is 2. The first kappa shape index (κ1) is 28.5. The normalized spacial score (nSPS) is 17.6. The van der Waals surface area contributed by atoms with E-state index >= 15 is 0 Å². The molecule has 2 N–H and O–H groups in total. The molecule has 1 aliphatic heterocycles. The summed E-state index contributed by atoms with van der Waals surface area (Å²) in [7, 11) is -4.49. The number of carbonyl (C=O) groups is 2. The average Bonchev–Trinajstić information content (AvgIpc) is 3.67. The van der Waals surface area contributed by atoms with E-state index in [1.807, 2.05) is 0 Å². The van der Waals surface area contributed by atoms with Gasteiger partial charge in [0.05, 0.1) is 22.7 Å². The molecule has 0 spiro atoms. The van der Waals surface area contributed by atoms with E-state index in [0.29, 0.717) is 6.07 Å². The lowest BCUT2D eigenvalue weighted by Gasteiger charge is -2.36. The first-order valence-electron chi connectivity index (χ1n) is 12.4. The molecule has 1 aliphatic carbocycles. The number of halogens is 3. The van der Waals surface area contributed by atoms with Crippen molar-refractivity contribution in [2.24, 2.45) is 5.92 Å². The minimum Gasteiger partial charge on any atom is -0.486 e. The molecule has 9 nitrogen and oxygen atoms in total. The van der Waals surface area contributed by atoms with Gasteiger partial charge in [-0.05, 0) is 70.0 Å². The molecular weight excluding hydrogens is 539 g/mol. The predicted octanol–water partition coefficient (Wildman–Crippen LogP) is 4.93. The first-order valence-corrected chi connectivity index (χ1v) is 13.9. The Morgan fingerprint density at radius 2 is 1.82 bits per heavy atom. The van der Waals surface area contributed by atoms with Gasteiger partial charge in [-0.15, -0.1) is 0 Å². The quantitative estimate of drug-likeness (QED) is 0.489. The molecule has 1 unspecified atom stereocenters. The van der Waals surface area contributed by atoms with Crippen LogP contribution in [-0.4, -0.2) is 45.2 Å². The number of hydrogen-bond donors (Lipinski definition) is 2. The Labute approximate surface area is 224 Å². The minimum atomic E-state index is -4.73. The summed E-state index contributed by atoms with van der Waals surface area (Å²) in [5.41, 5.74) is -1.63. The third kappa shape index (κ3) is 7.14. The van der Waals surface area contributed by atoms with Crippen molar-refractivity contribution in [3.05, 3.63) is 48.0 Å². The van der Waals surface area contributed by atoms with Gasteiger partial charge in [0.25, 0.3) is 10.0 Å². The van der Waals surface area contributed by atoms with E-state index < -0.39 is 44.5 Å². The third-order valence-electron chi connectivity index (χ3n) is 6.00. The topological polar surface area (TPSA) is 114 Å². The molecule has 0 aromatic heterocycles. The second-order valence-corrected chi connectivity index (χ2v) is 12.3. The summed E-state index contributed by atoms with van der Waals surface area (Å²) in [6, 6.07) is 7.81. The highest BCUT2D eigenvalue weighted by Gasteiger charge is 2.37. The van der Waals surface area contributed by atoms with Crippen LogP contribution < -0.4 is 19.7 Å². The fourth-order valence-corrected chi connectivity index (χ4v) is 5.54. The number of nitrogens with zero attached hydrogens (tertiary/aromatic N) is 1. The second-order valence-electron chi connectivity index (χ2n) is 10.5. The molecule has 39 heavy (non-hydrogen) atoms. The Balaban J connectivity index is 1.64. The molecule has 2 aliphatic rings. The number of nitrogens with one attached hydrogen (secondary N) is 2. The van der Waals surface area contributed by atoms with Crippen LogP contribution in [0.3, 0.4) is 0 Å². The van der Waals surface area contributed by atoms with Gasteiger partial charge in [-0.25, -0.2) is 13.2 Å². The molecule has 0 radical (unpaired) electrons. The van der Waals surface area contributed by atoms with Gasteiger partial charge in [0.1, 0.15) is 17.5 Å². The number of benzene rings is 2. The monoisotopic (exact) mass is 569 g/mol. The van der Waals surface area contributed by atoms with Crippen LogP contribution in [0, 0.1) is 5.92 Å². The van der Waals surface area contributed by atoms with Crippen molar-refractivity contribution in [3.63, 3.8) is 0 Å². The fraction of sp³-hybridized carbons (Fsp3) is 0.462. The number of rotatable bonds is 7. The number of sulfonamides is 1. The van der Waals surface area contributed by atoms with Crippen molar-refractivity contribution >= 4 is 33.4 Å². The summed E-state index contributed by atoms with van der Waals surface area (Å²) in [5, 5.41) is 5.33. The van der Waals surface area contributed by atoms with E-state index in [0.717, 1.165) is 35.3 Å². The van der Waals surface area contributed by atoms with Crippen molar-refractivity contribution in [2.75, 3.05) is 22.7 Å². The van der Waals surface area contributed by atoms with Gasteiger partial charge in [-0.1, -0.05) is 6.07 Å². The number of fused-ring (bicyclic) bond motifs is 1. The molecule has 13 heteroatoms. The molecule has 0 bridgehead atoms. The van der Waals surface area contributed by atoms with E-state index in [9.17, 15) is 31.2 Å². The Morgan fingerprint density at radius 3 is 2.46 bits per heavy atom. The standard InChI is InChI=1S/C26H30F3N3O6S/c1-25(2,3)38-24(34)31-18-9-10-22-21(14-18)32(15-19(37-22)11-12-30-23(33)16-7-8-16)39(35,36)20-6-4-5-17(13-20)26(27,28)29/h4-6,9-10,13-14,16,19H,7-8,11-12,15H2,1-3H3,(H,30,33)(H,31,34). The van der Waals surface area contributed by atoms with E-state index in [1.54, 1.807) is 20.8 Å². The van der Waals surface area contributed by atoms with E-state index in [4.69, 9.17) is 9.47 Å². The second kappa shape index (κ2) is 10.6. The highest BCUT2D eigenvalue weighted by atomic mass is 32.2. The van der Waals surface area contributed by atoms with Crippen molar-refractivity contribution in [1.82, 2.24) is 5.32 Å². The molecule has 1 heterocycles. The number of hydrogen-bond acceptors (Lipinski definition) is 6. The molecule has 1 fully saturated rings. The van der Waals surface area contributed by atoms with Crippen LogP contribution >= 0.6 is 0 Å². The summed E-state index contributed by atoms with van der Waals surface area (Å²) in [6.45, 7) is 5.07. The highest BCUT2D eigenvalue weighted by Crippen LogP contribution is 2.40. The third-order valence-corrected chi connectivity index (χ3v) is 7.77. The SMILES string of the molecule is CC(C)(C)OC(=O)Nc1ccc2c(c1)N(S(=O)(=O)c1cccc(C(F)(F)F)c1)CC(CCNC(=O)C1CC1)O2. The van der Waals surface area contributed by atoms with Crippen molar-refractivity contribution < 1.29 is 40.7 Å². The van der Waals surface area contributed by atoms with Crippen LogP contribution in [0.1, 0.15) is 45.6 Å². The summed E-state index contributed by atoms with van der Waals surface area (Å²) in [5.74, 6) is 0.0919. The van der Waals surface area contributed by atoms with Crippen LogP contribution in [0.15, 0.2) is 47.4 Å². The van der Waals surface area contributed by atoms with Gasteiger partial charge >= 0.3 is 12.3 Å². The predicted molar refractivity (Wildman–Crippen MR) is 137 cm³/mol. The molecule has 1 saturated carbocycles. The van der Waals surface area contributed by atoms with Crippen molar-refractivity contribution in [1.29, 1.82) is 0 Å². The molecule has 1 atom stereocenters. The molecule has 4 rings (SSSR count). The van der Waals surface area contributed by atoms with Crippen molar-refractivity contribution in [2.45, 2.75) is 62.8 Å². The molecular formula is C26H30F3N3O6S. The van der Waals surface area contributed by atoms with Gasteiger partial charge in [0.15, 0.2) is 0 Å². The Kier molecular flexibility index (Phi) is 7.75. The van der Waals surface area contributed by atoms with Gasteiger partial charge in [0, 0.05) is 24.6 Å². The molecule has 212 valence electrons.